The van der Waals surface area contributed by atoms with Gasteiger partial charge in [-0.3, -0.25) is 19.2 Å². The Labute approximate surface area is 244 Å². The largest absolute Gasteiger partial charge is 0.368 e. The molecule has 3 amide bonds. The van der Waals surface area contributed by atoms with Gasteiger partial charge in [0.2, 0.25) is 11.8 Å². The minimum absolute atomic E-state index is 0.0227. The number of carbonyl (C=O) groups is 4. The topological polar surface area (TPSA) is 139 Å². The van der Waals surface area contributed by atoms with Crippen molar-refractivity contribution in [2.24, 2.45) is 11.7 Å². The average molecular weight is 618 g/mol. The molecule has 1 aromatic heterocycles. The molecule has 0 fully saturated rings. The summed E-state index contributed by atoms with van der Waals surface area (Å²) in [4.78, 5) is 56.0. The Hall–Kier alpha value is -4.35. The number of rotatable bonds is 7. The third kappa shape index (κ3) is 5.02. The maximum absolute atomic E-state index is 14.4. The van der Waals surface area contributed by atoms with E-state index in [0.717, 1.165) is 9.86 Å². The van der Waals surface area contributed by atoms with E-state index in [4.69, 9.17) is 10.3 Å². The molecule has 0 radical (unpaired) electrons. The van der Waals surface area contributed by atoms with Crippen LogP contribution in [0.2, 0.25) is 0 Å². The molecule has 10 nitrogen and oxygen atoms in total. The SMILES string of the molecule is CNC(C)(C(N)=O)[C@@H]1CN(C(=O)c2ccc(C(C)=O)cc2)c2ccccc2N(Cc2noc3cc(Br)ccc23)C1=O. The molecule has 1 unspecified atom stereocenters. The van der Waals surface area contributed by atoms with Crippen molar-refractivity contribution in [1.82, 2.24) is 10.5 Å². The lowest BCUT2D eigenvalue weighted by molar-refractivity contribution is -0.133. The molecule has 2 heterocycles. The summed E-state index contributed by atoms with van der Waals surface area (Å²) in [6.45, 7) is 2.90. The Morgan fingerprint density at radius 2 is 1.73 bits per heavy atom. The molecule has 1 aliphatic rings. The number of benzene rings is 3. The molecule has 41 heavy (non-hydrogen) atoms. The second-order valence-electron chi connectivity index (χ2n) is 10.1. The number of hydrogen-bond donors (Lipinski definition) is 2. The zero-order chi connectivity index (χ0) is 29.5. The summed E-state index contributed by atoms with van der Waals surface area (Å²) in [6, 6.07) is 18.8. The molecule has 4 aromatic rings. The summed E-state index contributed by atoms with van der Waals surface area (Å²) in [7, 11) is 1.55. The maximum atomic E-state index is 14.4. The minimum Gasteiger partial charge on any atom is -0.368 e. The van der Waals surface area contributed by atoms with E-state index >= 15 is 0 Å². The highest BCUT2D eigenvalue weighted by Crippen LogP contribution is 2.39. The lowest BCUT2D eigenvalue weighted by Gasteiger charge is -2.36. The van der Waals surface area contributed by atoms with Gasteiger partial charge in [0.05, 0.1) is 23.8 Å². The first-order valence-electron chi connectivity index (χ1n) is 12.9. The summed E-state index contributed by atoms with van der Waals surface area (Å²) in [5.41, 5.74) is 7.14. The van der Waals surface area contributed by atoms with Gasteiger partial charge in [0.15, 0.2) is 11.4 Å². The molecular formula is C30H28BrN5O5. The lowest BCUT2D eigenvalue weighted by atomic mass is 9.83. The minimum atomic E-state index is -1.49. The van der Waals surface area contributed by atoms with E-state index in [9.17, 15) is 19.2 Å². The molecular weight excluding hydrogens is 590 g/mol. The van der Waals surface area contributed by atoms with Gasteiger partial charge >= 0.3 is 0 Å². The summed E-state index contributed by atoms with van der Waals surface area (Å²) in [5, 5.41) is 7.89. The van der Waals surface area contributed by atoms with Crippen LogP contribution in [0.3, 0.4) is 0 Å². The van der Waals surface area contributed by atoms with Gasteiger partial charge in [0.25, 0.3) is 5.91 Å². The highest BCUT2D eigenvalue weighted by atomic mass is 79.9. The number of likely N-dealkylation sites (N-methyl/N-ethyl adjacent to an activating group) is 1. The van der Waals surface area contributed by atoms with Crippen LogP contribution >= 0.6 is 15.9 Å². The molecule has 0 bridgehead atoms. The first kappa shape index (κ1) is 28.2. The number of nitrogens with zero attached hydrogens (tertiary/aromatic N) is 3. The Morgan fingerprint density at radius 3 is 2.37 bits per heavy atom. The van der Waals surface area contributed by atoms with Crippen LogP contribution in [0, 0.1) is 5.92 Å². The van der Waals surface area contributed by atoms with Gasteiger partial charge in [-0.2, -0.15) is 0 Å². The van der Waals surface area contributed by atoms with Gasteiger partial charge in [-0.1, -0.05) is 45.4 Å². The number of carbonyl (C=O) groups excluding carboxylic acids is 4. The van der Waals surface area contributed by atoms with Gasteiger partial charge < -0.3 is 25.4 Å². The van der Waals surface area contributed by atoms with Crippen molar-refractivity contribution >= 4 is 61.8 Å². The smallest absolute Gasteiger partial charge is 0.258 e. The summed E-state index contributed by atoms with van der Waals surface area (Å²) >= 11 is 3.43. The van der Waals surface area contributed by atoms with Gasteiger partial charge in [0.1, 0.15) is 11.2 Å². The van der Waals surface area contributed by atoms with E-state index in [0.29, 0.717) is 33.8 Å². The Kier molecular flexibility index (Phi) is 7.50. The van der Waals surface area contributed by atoms with Crippen LogP contribution in [0.4, 0.5) is 11.4 Å². The monoisotopic (exact) mass is 617 g/mol. The number of anilines is 2. The number of nitrogens with two attached hydrogens (primary N) is 1. The third-order valence-electron chi connectivity index (χ3n) is 7.72. The van der Waals surface area contributed by atoms with Crippen LogP contribution in [0.1, 0.15) is 40.3 Å². The van der Waals surface area contributed by atoms with E-state index in [1.54, 1.807) is 68.6 Å². The van der Waals surface area contributed by atoms with Crippen LogP contribution in [0.5, 0.6) is 0 Å². The summed E-state index contributed by atoms with van der Waals surface area (Å²) in [5.74, 6) is -2.73. The predicted molar refractivity (Wildman–Crippen MR) is 158 cm³/mol. The maximum Gasteiger partial charge on any atom is 0.258 e. The fourth-order valence-corrected chi connectivity index (χ4v) is 5.41. The van der Waals surface area contributed by atoms with Crippen LogP contribution in [0.15, 0.2) is 75.7 Å². The van der Waals surface area contributed by atoms with Crippen molar-refractivity contribution in [2.75, 3.05) is 23.4 Å². The fourth-order valence-electron chi connectivity index (χ4n) is 5.07. The van der Waals surface area contributed by atoms with Crippen molar-refractivity contribution < 1.29 is 23.7 Å². The number of nitrogens with one attached hydrogen (secondary N) is 1. The number of amides is 3. The van der Waals surface area contributed by atoms with Gasteiger partial charge in [0, 0.05) is 27.5 Å². The Bertz CT molecular complexity index is 1680. The third-order valence-corrected chi connectivity index (χ3v) is 8.21. The van der Waals surface area contributed by atoms with Crippen LogP contribution in [-0.2, 0) is 16.1 Å². The molecule has 210 valence electrons. The predicted octanol–water partition coefficient (Wildman–Crippen LogP) is 4.07. The number of aromatic nitrogens is 1. The molecule has 0 aliphatic carbocycles. The molecule has 0 saturated carbocycles. The molecule has 1 aliphatic heterocycles. The van der Waals surface area contributed by atoms with E-state index < -0.39 is 29.2 Å². The van der Waals surface area contributed by atoms with Gasteiger partial charge in [-0.25, -0.2) is 0 Å². The number of para-hydroxylation sites is 2. The molecule has 3 N–H and O–H groups in total. The number of hydrogen-bond acceptors (Lipinski definition) is 7. The zero-order valence-corrected chi connectivity index (χ0v) is 24.3. The van der Waals surface area contributed by atoms with Gasteiger partial charge in [-0.15, -0.1) is 0 Å². The Balaban J connectivity index is 1.65. The number of Topliss-reactive ketones (excluding diaryl/α,β-unsaturated/α-hetero) is 1. The first-order valence-corrected chi connectivity index (χ1v) is 13.7. The molecule has 5 rings (SSSR count). The quantitative estimate of drug-likeness (QED) is 0.298. The first-order chi connectivity index (χ1) is 19.5. The molecule has 0 saturated heterocycles. The standard InChI is InChI=1S/C30H28BrN5O5/c1-17(37)18-8-10-19(11-9-18)27(38)35-15-22(30(2,33-3)29(32)40)28(39)36(25-7-5-4-6-24(25)35)16-23-21-13-12-20(31)14-26(21)41-34-23/h4-14,22,33H,15-16H2,1-3H3,(H2,32,40)/t22-,30?/m1/s1. The van der Waals surface area contributed by atoms with Gasteiger partial charge in [-0.05, 0) is 63.4 Å². The lowest BCUT2D eigenvalue weighted by Crippen LogP contribution is -2.63. The second-order valence-corrected chi connectivity index (χ2v) is 11.0. The molecule has 11 heteroatoms. The highest BCUT2D eigenvalue weighted by molar-refractivity contribution is 9.10. The van der Waals surface area contributed by atoms with Crippen LogP contribution in [-0.4, -0.2) is 47.8 Å². The van der Waals surface area contributed by atoms with Crippen molar-refractivity contribution in [1.29, 1.82) is 0 Å². The number of ketones is 1. The van der Waals surface area contributed by atoms with E-state index in [1.165, 1.54) is 16.7 Å². The highest BCUT2D eigenvalue weighted by Gasteiger charge is 2.49. The van der Waals surface area contributed by atoms with Crippen LogP contribution < -0.4 is 20.9 Å². The zero-order valence-electron chi connectivity index (χ0n) is 22.7. The van der Waals surface area contributed by atoms with Crippen LogP contribution in [0.25, 0.3) is 11.0 Å². The average Bonchev–Trinajstić information content (AvgIpc) is 3.31. The van der Waals surface area contributed by atoms with Crippen molar-refractivity contribution in [3.8, 4) is 0 Å². The summed E-state index contributed by atoms with van der Waals surface area (Å²) in [6.07, 6.45) is 0. The van der Waals surface area contributed by atoms with E-state index in [1.807, 2.05) is 12.1 Å². The second kappa shape index (κ2) is 10.9. The molecule has 3 aromatic carbocycles. The van der Waals surface area contributed by atoms with Crippen molar-refractivity contribution in [3.05, 3.63) is 88.0 Å². The molecule has 0 spiro atoms. The number of fused-ring (bicyclic) bond motifs is 2. The Morgan fingerprint density at radius 1 is 1.07 bits per heavy atom. The number of halogens is 1. The van der Waals surface area contributed by atoms with Crippen molar-refractivity contribution in [3.63, 3.8) is 0 Å². The fraction of sp³-hybridized carbons (Fsp3) is 0.233. The van der Waals surface area contributed by atoms with Crippen molar-refractivity contribution in [2.45, 2.75) is 25.9 Å². The number of primary amides is 1. The van der Waals surface area contributed by atoms with E-state index in [2.05, 4.69) is 26.4 Å². The molecule has 2 atom stereocenters. The summed E-state index contributed by atoms with van der Waals surface area (Å²) < 4.78 is 6.35. The van der Waals surface area contributed by atoms with E-state index in [-0.39, 0.29) is 18.9 Å². The normalized spacial score (nSPS) is 16.7.